The number of likely N-dealkylation sites (tertiary alicyclic amines) is 1. The molecule has 0 saturated carbocycles. The molecular formula is C37H42F6N2O4. The van der Waals surface area contributed by atoms with Crippen molar-refractivity contribution in [3.05, 3.63) is 91.6 Å². The summed E-state index contributed by atoms with van der Waals surface area (Å²) >= 11 is 0. The van der Waals surface area contributed by atoms with Gasteiger partial charge in [-0.3, -0.25) is 14.4 Å². The van der Waals surface area contributed by atoms with Crippen molar-refractivity contribution in [1.29, 1.82) is 0 Å². The fourth-order valence-corrected chi connectivity index (χ4v) is 6.83. The molecule has 1 saturated heterocycles. The molecule has 2 atom stereocenters. The Labute approximate surface area is 281 Å². The number of rotatable bonds is 13. The number of halogens is 6. The maximum Gasteiger partial charge on any atom is 0.419 e. The second-order valence-electron chi connectivity index (χ2n) is 13.8. The number of carbonyl (C=O) groups is 2. The molecular weight excluding hydrogens is 650 g/mol. The summed E-state index contributed by atoms with van der Waals surface area (Å²) in [7, 11) is 0. The molecule has 0 bridgehead atoms. The van der Waals surface area contributed by atoms with E-state index in [1.165, 1.54) is 30.5 Å². The van der Waals surface area contributed by atoms with Crippen LogP contribution in [0.2, 0.25) is 0 Å². The van der Waals surface area contributed by atoms with Crippen LogP contribution >= 0.6 is 0 Å². The van der Waals surface area contributed by atoms with Crippen LogP contribution in [-0.4, -0.2) is 46.0 Å². The third-order valence-electron chi connectivity index (χ3n) is 9.33. The molecule has 1 aliphatic rings. The van der Waals surface area contributed by atoms with Crippen molar-refractivity contribution >= 4 is 11.8 Å². The Morgan fingerprint density at radius 1 is 0.980 bits per heavy atom. The largest absolute Gasteiger partial charge is 0.481 e. The number of nitrogens with zero attached hydrogens (tertiary/aromatic N) is 2. The second-order valence-corrected chi connectivity index (χ2v) is 13.8. The van der Waals surface area contributed by atoms with Gasteiger partial charge in [-0.2, -0.15) is 13.2 Å². The molecule has 2 heterocycles. The number of carbonyl (C=O) groups excluding carboxylic acids is 1. The SMILES string of the molecule is Cc1cc(=O)n(C(CC(C)C)C(=O)C[C@@H](CC(=O)O)c2c(F)c(-c3c(C)ccc(F)c3C)cc(C(F)(F)F)c2F)cc1CCN1CC(C)C1. The van der Waals surface area contributed by atoms with E-state index in [4.69, 9.17) is 0 Å². The molecule has 266 valence electrons. The summed E-state index contributed by atoms with van der Waals surface area (Å²) in [6.07, 6.45) is -5.03. The van der Waals surface area contributed by atoms with Gasteiger partial charge in [0.05, 0.1) is 18.0 Å². The van der Waals surface area contributed by atoms with E-state index in [0.29, 0.717) is 12.3 Å². The molecule has 1 unspecified atom stereocenters. The summed E-state index contributed by atoms with van der Waals surface area (Å²) in [6, 6.07) is 2.76. The van der Waals surface area contributed by atoms with Crippen LogP contribution in [0.15, 0.2) is 35.3 Å². The molecule has 0 radical (unpaired) electrons. The predicted molar refractivity (Wildman–Crippen MR) is 174 cm³/mol. The zero-order valence-electron chi connectivity index (χ0n) is 28.5. The Balaban J connectivity index is 1.84. The first-order valence-electron chi connectivity index (χ1n) is 16.3. The summed E-state index contributed by atoms with van der Waals surface area (Å²) in [5, 5.41) is 9.75. The lowest BCUT2D eigenvalue weighted by Gasteiger charge is -2.37. The Morgan fingerprint density at radius 2 is 1.63 bits per heavy atom. The van der Waals surface area contributed by atoms with E-state index in [0.717, 1.165) is 36.8 Å². The van der Waals surface area contributed by atoms with Gasteiger partial charge in [0.25, 0.3) is 5.56 Å². The molecule has 0 amide bonds. The van der Waals surface area contributed by atoms with Crippen LogP contribution in [0.3, 0.4) is 0 Å². The number of hydrogen-bond acceptors (Lipinski definition) is 4. The number of carboxylic acids is 1. The Hall–Kier alpha value is -3.93. The number of carboxylic acid groups (broad SMARTS) is 1. The van der Waals surface area contributed by atoms with Crippen molar-refractivity contribution in [2.75, 3.05) is 19.6 Å². The molecule has 1 fully saturated rings. The normalized spacial score (nSPS) is 15.4. The van der Waals surface area contributed by atoms with Gasteiger partial charge in [-0.1, -0.05) is 26.8 Å². The number of aryl methyl sites for hydroxylation is 2. The van der Waals surface area contributed by atoms with E-state index < -0.39 is 82.4 Å². The van der Waals surface area contributed by atoms with Gasteiger partial charge in [-0.15, -0.1) is 0 Å². The highest BCUT2D eigenvalue weighted by Gasteiger charge is 2.40. The van der Waals surface area contributed by atoms with E-state index in [9.17, 15) is 37.1 Å². The monoisotopic (exact) mass is 692 g/mol. The zero-order chi connectivity index (χ0) is 36.5. The molecule has 49 heavy (non-hydrogen) atoms. The Kier molecular flexibility index (Phi) is 11.5. The van der Waals surface area contributed by atoms with Gasteiger partial charge in [-0.05, 0) is 85.4 Å². The molecule has 2 aromatic carbocycles. The highest BCUT2D eigenvalue weighted by Crippen LogP contribution is 2.43. The number of ketones is 1. The third kappa shape index (κ3) is 8.45. The van der Waals surface area contributed by atoms with Crippen LogP contribution < -0.4 is 5.56 Å². The number of aliphatic carboxylic acids is 1. The average Bonchev–Trinajstić information content (AvgIpc) is 2.96. The zero-order valence-corrected chi connectivity index (χ0v) is 28.5. The molecule has 12 heteroatoms. The maximum absolute atomic E-state index is 16.4. The summed E-state index contributed by atoms with van der Waals surface area (Å²) in [6.45, 7) is 12.8. The average molecular weight is 693 g/mol. The van der Waals surface area contributed by atoms with Crippen molar-refractivity contribution in [3.8, 4) is 11.1 Å². The molecule has 1 N–H and O–H groups in total. The minimum Gasteiger partial charge on any atom is -0.481 e. The van der Waals surface area contributed by atoms with Crippen LogP contribution in [-0.2, 0) is 22.2 Å². The highest BCUT2D eigenvalue weighted by atomic mass is 19.4. The van der Waals surface area contributed by atoms with Gasteiger partial charge in [-0.25, -0.2) is 13.2 Å². The fourth-order valence-electron chi connectivity index (χ4n) is 6.83. The van der Waals surface area contributed by atoms with Gasteiger partial charge in [0.1, 0.15) is 17.5 Å². The van der Waals surface area contributed by atoms with E-state index in [1.807, 2.05) is 0 Å². The molecule has 6 nitrogen and oxygen atoms in total. The Morgan fingerprint density at radius 3 is 2.20 bits per heavy atom. The minimum absolute atomic E-state index is 0.102. The summed E-state index contributed by atoms with van der Waals surface area (Å²) in [4.78, 5) is 41.6. The van der Waals surface area contributed by atoms with Gasteiger partial charge in [0, 0.05) is 55.4 Å². The van der Waals surface area contributed by atoms with E-state index in [1.54, 1.807) is 27.0 Å². The third-order valence-corrected chi connectivity index (χ3v) is 9.33. The topological polar surface area (TPSA) is 79.6 Å². The molecule has 1 aliphatic heterocycles. The molecule has 0 spiro atoms. The first-order chi connectivity index (χ1) is 22.8. The first-order valence-corrected chi connectivity index (χ1v) is 16.3. The first kappa shape index (κ1) is 37.9. The quantitative estimate of drug-likeness (QED) is 0.183. The second kappa shape index (κ2) is 14.9. The number of Topliss-reactive ketones (excluding diaryl/α,β-unsaturated/α-hetero) is 1. The smallest absolute Gasteiger partial charge is 0.419 e. The Bertz CT molecular complexity index is 1790. The highest BCUT2D eigenvalue weighted by molar-refractivity contribution is 5.84. The summed E-state index contributed by atoms with van der Waals surface area (Å²) < 4.78 is 90.8. The lowest BCUT2D eigenvalue weighted by Crippen LogP contribution is -2.45. The van der Waals surface area contributed by atoms with Crippen LogP contribution in [0.4, 0.5) is 26.3 Å². The molecule has 3 aromatic rings. The van der Waals surface area contributed by atoms with Gasteiger partial charge in [0.2, 0.25) is 0 Å². The van der Waals surface area contributed by atoms with E-state index >= 15 is 8.78 Å². The van der Waals surface area contributed by atoms with Gasteiger partial charge < -0.3 is 14.6 Å². The lowest BCUT2D eigenvalue weighted by molar-refractivity contribution is -0.140. The summed E-state index contributed by atoms with van der Waals surface area (Å²) in [5.41, 5.74) is -3.09. The number of pyridine rings is 1. The van der Waals surface area contributed by atoms with Crippen LogP contribution in [0.5, 0.6) is 0 Å². The fraction of sp³-hybridized carbons (Fsp3) is 0.486. The van der Waals surface area contributed by atoms with Crippen molar-refractivity contribution in [2.24, 2.45) is 11.8 Å². The summed E-state index contributed by atoms with van der Waals surface area (Å²) in [5.74, 6) is -8.23. The van der Waals surface area contributed by atoms with Crippen LogP contribution in [0.25, 0.3) is 11.1 Å². The van der Waals surface area contributed by atoms with Gasteiger partial charge in [0.15, 0.2) is 5.78 Å². The molecule has 4 rings (SSSR count). The molecule has 1 aromatic heterocycles. The van der Waals surface area contributed by atoms with E-state index in [-0.39, 0.29) is 35.1 Å². The minimum atomic E-state index is -5.34. The van der Waals surface area contributed by atoms with Crippen molar-refractivity contribution in [2.45, 2.75) is 85.4 Å². The number of alkyl halides is 3. The number of benzene rings is 2. The standard InChI is InChI=1S/C37H42F6N2O4/c1-19(2)11-29(45-18-24(22(5)12-31(45)47)9-10-44-16-20(3)17-44)30(46)13-25(14-32(48)49)34-35(39)26(15-27(36(34)40)37(41,42)43)33-21(4)7-8-28(38)23(33)6/h7-8,12,15,18-20,25,29H,9-11,13-14,16-17H2,1-6H3,(H,48,49)/t25-,29?/m0/s1. The molecule has 0 aliphatic carbocycles. The van der Waals surface area contributed by atoms with E-state index in [2.05, 4.69) is 11.8 Å². The van der Waals surface area contributed by atoms with Crippen molar-refractivity contribution < 1.29 is 41.0 Å². The van der Waals surface area contributed by atoms with Gasteiger partial charge >= 0.3 is 12.1 Å². The van der Waals surface area contributed by atoms with Crippen molar-refractivity contribution in [3.63, 3.8) is 0 Å². The number of aromatic nitrogens is 1. The lowest BCUT2D eigenvalue weighted by atomic mass is 9.83. The van der Waals surface area contributed by atoms with Crippen LogP contribution in [0.1, 0.15) is 85.4 Å². The maximum atomic E-state index is 16.4. The predicted octanol–water partition coefficient (Wildman–Crippen LogP) is 8.18. The number of hydrogen-bond donors (Lipinski definition) is 1. The van der Waals surface area contributed by atoms with Crippen molar-refractivity contribution in [1.82, 2.24) is 9.47 Å². The van der Waals surface area contributed by atoms with Crippen LogP contribution in [0, 0.1) is 50.1 Å².